The van der Waals surface area contributed by atoms with E-state index in [-0.39, 0.29) is 18.1 Å². The maximum absolute atomic E-state index is 13.2. The number of aliphatic hydroxyl groups is 1. The van der Waals surface area contributed by atoms with Crippen molar-refractivity contribution in [3.8, 4) is 5.75 Å². The number of alkyl halides is 3. The van der Waals surface area contributed by atoms with E-state index in [4.69, 9.17) is 4.74 Å². The summed E-state index contributed by atoms with van der Waals surface area (Å²) in [5.41, 5.74) is 0.100. The predicted molar refractivity (Wildman–Crippen MR) is 86.7 cm³/mol. The largest absolute Gasteiger partial charge is 0.496 e. The number of nitrogens with one attached hydrogen (secondary N) is 1. The lowest BCUT2D eigenvalue weighted by atomic mass is 10.1. The van der Waals surface area contributed by atoms with Crippen molar-refractivity contribution in [2.75, 3.05) is 12.4 Å². The molecule has 0 saturated carbocycles. The van der Waals surface area contributed by atoms with Gasteiger partial charge in [0.1, 0.15) is 17.9 Å². The number of aliphatic hydroxyl groups excluding tert-OH is 1. The first-order valence-electron chi connectivity index (χ1n) is 7.29. The molecule has 0 amide bonds. The number of rotatable bonds is 4. The van der Waals surface area contributed by atoms with Crippen LogP contribution in [0.3, 0.4) is 0 Å². The van der Waals surface area contributed by atoms with Gasteiger partial charge in [-0.15, -0.1) is 0 Å². The molecule has 2 aromatic carbocycles. The molecule has 0 aliphatic rings. The normalized spacial score (nSPS) is 11.6. The zero-order valence-corrected chi connectivity index (χ0v) is 13.1. The molecule has 25 heavy (non-hydrogen) atoms. The van der Waals surface area contributed by atoms with Crippen LogP contribution in [0.4, 0.5) is 24.7 Å². The van der Waals surface area contributed by atoms with Gasteiger partial charge < -0.3 is 15.2 Å². The van der Waals surface area contributed by atoms with Crippen molar-refractivity contribution in [3.05, 3.63) is 53.9 Å². The van der Waals surface area contributed by atoms with E-state index in [1.165, 1.54) is 31.6 Å². The molecule has 8 heteroatoms. The predicted octanol–water partition coefficient (Wildman–Crippen LogP) is 3.89. The lowest BCUT2D eigenvalue weighted by Crippen LogP contribution is -2.09. The third kappa shape index (κ3) is 3.34. The molecule has 3 aromatic rings. The first kappa shape index (κ1) is 17.0. The minimum atomic E-state index is -4.49. The molecule has 0 radical (unpaired) electrons. The van der Waals surface area contributed by atoms with Crippen molar-refractivity contribution in [2.24, 2.45) is 0 Å². The molecule has 1 heterocycles. The van der Waals surface area contributed by atoms with Crippen LogP contribution in [0.25, 0.3) is 10.9 Å². The Labute approximate surface area is 141 Å². The quantitative estimate of drug-likeness (QED) is 0.748. The molecule has 1 aromatic heterocycles. The van der Waals surface area contributed by atoms with Gasteiger partial charge in [-0.05, 0) is 24.3 Å². The zero-order chi connectivity index (χ0) is 18.0. The third-order valence-electron chi connectivity index (χ3n) is 3.69. The van der Waals surface area contributed by atoms with Crippen LogP contribution in [0.1, 0.15) is 11.1 Å². The molecule has 3 rings (SSSR count). The van der Waals surface area contributed by atoms with Gasteiger partial charge in [-0.3, -0.25) is 0 Å². The topological polar surface area (TPSA) is 67.3 Å². The fourth-order valence-electron chi connectivity index (χ4n) is 2.51. The molecular weight excluding hydrogens is 335 g/mol. The number of fused-ring (bicyclic) bond motifs is 1. The van der Waals surface area contributed by atoms with Crippen molar-refractivity contribution >= 4 is 22.4 Å². The van der Waals surface area contributed by atoms with Gasteiger partial charge >= 0.3 is 6.18 Å². The van der Waals surface area contributed by atoms with E-state index in [0.29, 0.717) is 22.2 Å². The van der Waals surface area contributed by atoms with E-state index in [1.54, 1.807) is 12.1 Å². The zero-order valence-electron chi connectivity index (χ0n) is 13.1. The van der Waals surface area contributed by atoms with Gasteiger partial charge in [0.05, 0.1) is 30.5 Å². The number of ether oxygens (including phenoxy) is 1. The Bertz CT molecular complexity index is 913. The average molecular weight is 349 g/mol. The summed E-state index contributed by atoms with van der Waals surface area (Å²) >= 11 is 0. The molecule has 0 fully saturated rings. The van der Waals surface area contributed by atoms with Crippen LogP contribution in [0.15, 0.2) is 42.7 Å². The standard InChI is InChI=1S/C17H14F3N3O2/c1-25-15-7-11-14(6-10(15)8-24)21-9-22-16(11)23-13-5-3-2-4-12(13)17(18,19)20/h2-7,9,24H,8H2,1H3,(H,21,22,23). The number of methoxy groups -OCH3 is 1. The minimum Gasteiger partial charge on any atom is -0.496 e. The maximum Gasteiger partial charge on any atom is 0.418 e. The van der Waals surface area contributed by atoms with Crippen LogP contribution >= 0.6 is 0 Å². The Kier molecular flexibility index (Phi) is 4.45. The molecule has 130 valence electrons. The number of nitrogens with zero attached hydrogens (tertiary/aromatic N) is 2. The number of aromatic nitrogens is 2. The molecule has 0 unspecified atom stereocenters. The SMILES string of the molecule is COc1cc2c(Nc3ccccc3C(F)(F)F)ncnc2cc1CO. The Hall–Kier alpha value is -2.87. The monoisotopic (exact) mass is 349 g/mol. The van der Waals surface area contributed by atoms with Crippen molar-refractivity contribution in [2.45, 2.75) is 12.8 Å². The Morgan fingerprint density at radius 2 is 1.92 bits per heavy atom. The molecule has 0 spiro atoms. The minimum absolute atomic E-state index is 0.111. The highest BCUT2D eigenvalue weighted by Gasteiger charge is 2.33. The number of halogens is 3. The number of benzene rings is 2. The van der Waals surface area contributed by atoms with Crippen LogP contribution in [-0.2, 0) is 12.8 Å². The third-order valence-corrected chi connectivity index (χ3v) is 3.69. The lowest BCUT2D eigenvalue weighted by molar-refractivity contribution is -0.136. The second-order valence-corrected chi connectivity index (χ2v) is 5.23. The number of hydrogen-bond donors (Lipinski definition) is 2. The summed E-state index contributed by atoms with van der Waals surface area (Å²) in [5.74, 6) is 0.612. The highest BCUT2D eigenvalue weighted by molar-refractivity contribution is 5.92. The van der Waals surface area contributed by atoms with Crippen LogP contribution in [0.5, 0.6) is 5.75 Å². The summed E-state index contributed by atoms with van der Waals surface area (Å²) in [5, 5.41) is 12.6. The van der Waals surface area contributed by atoms with Gasteiger partial charge in [0.2, 0.25) is 0 Å². The Morgan fingerprint density at radius 3 is 2.60 bits per heavy atom. The maximum atomic E-state index is 13.2. The molecule has 0 atom stereocenters. The first-order valence-corrected chi connectivity index (χ1v) is 7.29. The summed E-state index contributed by atoms with van der Waals surface area (Å²) in [7, 11) is 1.44. The summed E-state index contributed by atoms with van der Waals surface area (Å²) in [6.45, 7) is -0.247. The summed E-state index contributed by atoms with van der Waals surface area (Å²) in [6.07, 6.45) is -3.25. The van der Waals surface area contributed by atoms with Gasteiger partial charge in [0.25, 0.3) is 0 Å². The van der Waals surface area contributed by atoms with Crippen LogP contribution in [0.2, 0.25) is 0 Å². The summed E-state index contributed by atoms with van der Waals surface area (Å²) < 4.78 is 44.7. The molecule has 5 nitrogen and oxygen atoms in total. The second-order valence-electron chi connectivity index (χ2n) is 5.23. The van der Waals surface area contributed by atoms with E-state index in [9.17, 15) is 18.3 Å². The number of anilines is 2. The fourth-order valence-corrected chi connectivity index (χ4v) is 2.51. The van der Waals surface area contributed by atoms with E-state index >= 15 is 0 Å². The molecular formula is C17H14F3N3O2. The first-order chi connectivity index (χ1) is 11.9. The lowest BCUT2D eigenvalue weighted by Gasteiger charge is -2.15. The van der Waals surface area contributed by atoms with E-state index in [0.717, 1.165) is 6.07 Å². The molecule has 0 aliphatic heterocycles. The molecule has 0 aliphatic carbocycles. The molecule has 0 saturated heterocycles. The van der Waals surface area contributed by atoms with Gasteiger partial charge in [0, 0.05) is 10.9 Å². The van der Waals surface area contributed by atoms with Gasteiger partial charge in [-0.25, -0.2) is 9.97 Å². The van der Waals surface area contributed by atoms with Gasteiger partial charge in [-0.2, -0.15) is 13.2 Å². The van der Waals surface area contributed by atoms with E-state index < -0.39 is 11.7 Å². The van der Waals surface area contributed by atoms with Gasteiger partial charge in [0.15, 0.2) is 0 Å². The number of para-hydroxylation sites is 1. The molecule has 0 bridgehead atoms. The van der Waals surface area contributed by atoms with E-state index in [2.05, 4.69) is 15.3 Å². The fraction of sp³-hybridized carbons (Fsp3) is 0.176. The average Bonchev–Trinajstić information content (AvgIpc) is 2.60. The second kappa shape index (κ2) is 6.56. The van der Waals surface area contributed by atoms with Crippen molar-refractivity contribution in [3.63, 3.8) is 0 Å². The van der Waals surface area contributed by atoms with Crippen molar-refractivity contribution in [1.82, 2.24) is 9.97 Å². The summed E-state index contributed by atoms with van der Waals surface area (Å²) in [4.78, 5) is 8.15. The summed E-state index contributed by atoms with van der Waals surface area (Å²) in [6, 6.07) is 8.34. The molecule has 2 N–H and O–H groups in total. The highest BCUT2D eigenvalue weighted by Crippen LogP contribution is 2.37. The van der Waals surface area contributed by atoms with E-state index in [1.807, 2.05) is 0 Å². The van der Waals surface area contributed by atoms with Crippen LogP contribution < -0.4 is 10.1 Å². The van der Waals surface area contributed by atoms with Crippen molar-refractivity contribution in [1.29, 1.82) is 0 Å². The van der Waals surface area contributed by atoms with Crippen LogP contribution in [-0.4, -0.2) is 22.2 Å². The smallest absolute Gasteiger partial charge is 0.418 e. The Balaban J connectivity index is 2.12. The number of hydrogen-bond acceptors (Lipinski definition) is 5. The van der Waals surface area contributed by atoms with Crippen molar-refractivity contribution < 1.29 is 23.0 Å². The highest BCUT2D eigenvalue weighted by atomic mass is 19.4. The Morgan fingerprint density at radius 1 is 1.16 bits per heavy atom. The van der Waals surface area contributed by atoms with Gasteiger partial charge in [-0.1, -0.05) is 12.1 Å². The van der Waals surface area contributed by atoms with Crippen LogP contribution in [0, 0.1) is 0 Å².